The van der Waals surface area contributed by atoms with Gasteiger partial charge >= 0.3 is 5.97 Å². The van der Waals surface area contributed by atoms with E-state index in [2.05, 4.69) is 5.32 Å². The number of ether oxygens (including phenoxy) is 1. The standard InChI is InChI=1S/C21H23NO4/c1-21(2,3)13-19(24)26-14-18(23)22-17-12-8-7-11-16(17)20(25)15-9-5-4-6-10-15/h4-12H,13-14H2,1-3H3,(H,22,23). The van der Waals surface area contributed by atoms with Crippen LogP contribution in [0.1, 0.15) is 43.1 Å². The minimum Gasteiger partial charge on any atom is -0.456 e. The molecule has 1 amide bonds. The van der Waals surface area contributed by atoms with Crippen LogP contribution in [0.2, 0.25) is 0 Å². The summed E-state index contributed by atoms with van der Waals surface area (Å²) in [7, 11) is 0. The van der Waals surface area contributed by atoms with E-state index in [1.165, 1.54) is 0 Å². The van der Waals surface area contributed by atoms with E-state index in [9.17, 15) is 14.4 Å². The van der Waals surface area contributed by atoms with Gasteiger partial charge in [-0.05, 0) is 17.5 Å². The fourth-order valence-electron chi connectivity index (χ4n) is 2.35. The number of rotatable bonds is 6. The van der Waals surface area contributed by atoms with Crippen molar-refractivity contribution in [3.63, 3.8) is 0 Å². The Kier molecular flexibility index (Phi) is 6.28. The summed E-state index contributed by atoms with van der Waals surface area (Å²) in [6.07, 6.45) is 0.226. The first-order chi connectivity index (χ1) is 12.3. The van der Waals surface area contributed by atoms with Gasteiger partial charge in [-0.3, -0.25) is 14.4 Å². The number of anilines is 1. The van der Waals surface area contributed by atoms with Crippen molar-refractivity contribution in [3.8, 4) is 0 Å². The van der Waals surface area contributed by atoms with Gasteiger partial charge in [0, 0.05) is 11.1 Å². The highest BCUT2D eigenvalue weighted by molar-refractivity contribution is 6.13. The molecule has 136 valence electrons. The summed E-state index contributed by atoms with van der Waals surface area (Å²) in [5, 5.41) is 2.64. The van der Waals surface area contributed by atoms with Gasteiger partial charge in [0.2, 0.25) is 0 Å². The molecule has 5 nitrogen and oxygen atoms in total. The van der Waals surface area contributed by atoms with Crippen molar-refractivity contribution >= 4 is 23.3 Å². The fourth-order valence-corrected chi connectivity index (χ4v) is 2.35. The molecule has 0 bridgehead atoms. The van der Waals surface area contributed by atoms with E-state index in [0.29, 0.717) is 16.8 Å². The molecule has 0 fully saturated rings. The second-order valence-electron chi connectivity index (χ2n) is 7.19. The van der Waals surface area contributed by atoms with Crippen LogP contribution in [0.3, 0.4) is 0 Å². The number of carbonyl (C=O) groups is 3. The first kappa shape index (κ1) is 19.4. The highest BCUT2D eigenvalue weighted by atomic mass is 16.5. The van der Waals surface area contributed by atoms with Gasteiger partial charge in [-0.1, -0.05) is 63.2 Å². The van der Waals surface area contributed by atoms with E-state index in [1.54, 1.807) is 48.5 Å². The minimum atomic E-state index is -0.486. The number of benzene rings is 2. The van der Waals surface area contributed by atoms with Crippen molar-refractivity contribution in [1.82, 2.24) is 0 Å². The van der Waals surface area contributed by atoms with E-state index in [0.717, 1.165) is 0 Å². The maximum Gasteiger partial charge on any atom is 0.306 e. The average Bonchev–Trinajstić information content (AvgIpc) is 2.59. The van der Waals surface area contributed by atoms with Gasteiger partial charge in [-0.2, -0.15) is 0 Å². The molecule has 0 aromatic heterocycles. The molecule has 0 aliphatic carbocycles. The van der Waals surface area contributed by atoms with Crippen LogP contribution in [0.5, 0.6) is 0 Å². The van der Waals surface area contributed by atoms with Crippen molar-refractivity contribution < 1.29 is 19.1 Å². The SMILES string of the molecule is CC(C)(C)CC(=O)OCC(=O)Nc1ccccc1C(=O)c1ccccc1. The average molecular weight is 353 g/mol. The van der Waals surface area contributed by atoms with Gasteiger partial charge in [-0.25, -0.2) is 0 Å². The maximum atomic E-state index is 12.6. The molecule has 0 saturated heterocycles. The van der Waals surface area contributed by atoms with Crippen molar-refractivity contribution in [2.75, 3.05) is 11.9 Å². The second-order valence-corrected chi connectivity index (χ2v) is 7.19. The van der Waals surface area contributed by atoms with Gasteiger partial charge in [0.05, 0.1) is 12.1 Å². The number of ketones is 1. The number of hydrogen-bond acceptors (Lipinski definition) is 4. The highest BCUT2D eigenvalue weighted by Crippen LogP contribution is 2.20. The molecule has 26 heavy (non-hydrogen) atoms. The van der Waals surface area contributed by atoms with Crippen LogP contribution in [-0.4, -0.2) is 24.3 Å². The molecule has 2 aromatic carbocycles. The zero-order valence-corrected chi connectivity index (χ0v) is 15.2. The largest absolute Gasteiger partial charge is 0.456 e. The molecule has 5 heteroatoms. The van der Waals surface area contributed by atoms with Gasteiger partial charge < -0.3 is 10.1 Å². The Bertz CT molecular complexity index is 791. The fraction of sp³-hybridized carbons (Fsp3) is 0.286. The van der Waals surface area contributed by atoms with Gasteiger partial charge in [0.1, 0.15) is 0 Å². The van der Waals surface area contributed by atoms with E-state index in [-0.39, 0.29) is 24.2 Å². The lowest BCUT2D eigenvalue weighted by Gasteiger charge is -2.16. The Balaban J connectivity index is 2.03. The number of amides is 1. The second kappa shape index (κ2) is 8.43. The molecule has 0 unspecified atom stereocenters. The van der Waals surface area contributed by atoms with Gasteiger partial charge in [0.25, 0.3) is 5.91 Å². The third-order valence-electron chi connectivity index (χ3n) is 3.52. The number of nitrogens with one attached hydrogen (secondary N) is 1. The van der Waals surface area contributed by atoms with Crippen molar-refractivity contribution in [3.05, 3.63) is 65.7 Å². The number of para-hydroxylation sites is 1. The zero-order chi connectivity index (χ0) is 19.2. The summed E-state index contributed by atoms with van der Waals surface area (Å²) in [5.74, 6) is -1.10. The normalized spacial score (nSPS) is 10.9. The molecular formula is C21H23NO4. The lowest BCUT2D eigenvalue weighted by atomic mass is 9.92. The number of esters is 1. The van der Waals surface area contributed by atoms with Crippen molar-refractivity contribution in [1.29, 1.82) is 0 Å². The maximum absolute atomic E-state index is 12.6. The van der Waals surface area contributed by atoms with Gasteiger partial charge in [-0.15, -0.1) is 0 Å². The molecule has 0 radical (unpaired) electrons. The molecule has 0 atom stereocenters. The Morgan fingerprint density at radius 3 is 2.19 bits per heavy atom. The molecule has 0 aliphatic rings. The summed E-state index contributed by atoms with van der Waals surface area (Å²) in [6, 6.07) is 15.6. The van der Waals surface area contributed by atoms with Crippen LogP contribution >= 0.6 is 0 Å². The van der Waals surface area contributed by atoms with E-state index in [4.69, 9.17) is 4.74 Å². The van der Waals surface area contributed by atoms with Crippen LogP contribution in [0.25, 0.3) is 0 Å². The molecular weight excluding hydrogens is 330 g/mol. The highest BCUT2D eigenvalue weighted by Gasteiger charge is 2.19. The first-order valence-electron chi connectivity index (χ1n) is 8.40. The quantitative estimate of drug-likeness (QED) is 0.633. The summed E-state index contributed by atoms with van der Waals surface area (Å²) in [6.45, 7) is 5.36. The number of hydrogen-bond donors (Lipinski definition) is 1. The topological polar surface area (TPSA) is 72.5 Å². The van der Waals surface area contributed by atoms with E-state index in [1.807, 2.05) is 26.8 Å². The molecule has 0 aliphatic heterocycles. The monoisotopic (exact) mass is 353 g/mol. The minimum absolute atomic E-state index is 0.189. The molecule has 0 spiro atoms. The predicted octanol–water partition coefficient (Wildman–Crippen LogP) is 3.84. The molecule has 2 aromatic rings. The van der Waals surface area contributed by atoms with Crippen molar-refractivity contribution in [2.24, 2.45) is 5.41 Å². The number of carbonyl (C=O) groups excluding carboxylic acids is 3. The lowest BCUT2D eigenvalue weighted by molar-refractivity contribution is -0.149. The molecule has 1 N–H and O–H groups in total. The summed E-state index contributed by atoms with van der Waals surface area (Å²) in [4.78, 5) is 36.4. The van der Waals surface area contributed by atoms with E-state index < -0.39 is 11.9 Å². The lowest BCUT2D eigenvalue weighted by Crippen LogP contribution is -2.24. The third-order valence-corrected chi connectivity index (χ3v) is 3.52. The van der Waals surface area contributed by atoms with Gasteiger partial charge in [0.15, 0.2) is 12.4 Å². The molecule has 2 rings (SSSR count). The van der Waals surface area contributed by atoms with Crippen LogP contribution in [-0.2, 0) is 14.3 Å². The Labute approximate surface area is 153 Å². The van der Waals surface area contributed by atoms with Crippen molar-refractivity contribution in [2.45, 2.75) is 27.2 Å². The molecule has 0 heterocycles. The molecule has 0 saturated carbocycles. The Morgan fingerprint density at radius 2 is 1.54 bits per heavy atom. The van der Waals surface area contributed by atoms with Crippen LogP contribution in [0, 0.1) is 5.41 Å². The summed E-state index contributed by atoms with van der Waals surface area (Å²) >= 11 is 0. The van der Waals surface area contributed by atoms with Crippen LogP contribution < -0.4 is 5.32 Å². The van der Waals surface area contributed by atoms with Crippen LogP contribution in [0.4, 0.5) is 5.69 Å². The predicted molar refractivity (Wildman–Crippen MR) is 100.0 cm³/mol. The third kappa shape index (κ3) is 5.84. The summed E-state index contributed by atoms with van der Waals surface area (Å²) in [5.41, 5.74) is 1.10. The Morgan fingerprint density at radius 1 is 0.923 bits per heavy atom. The zero-order valence-electron chi connectivity index (χ0n) is 15.2. The smallest absolute Gasteiger partial charge is 0.306 e. The summed E-state index contributed by atoms with van der Waals surface area (Å²) < 4.78 is 5.00. The van der Waals surface area contributed by atoms with E-state index >= 15 is 0 Å². The van der Waals surface area contributed by atoms with Crippen LogP contribution in [0.15, 0.2) is 54.6 Å². The Hall–Kier alpha value is -2.95. The first-order valence-corrected chi connectivity index (χ1v) is 8.40.